The van der Waals surface area contributed by atoms with Crippen LogP contribution in [0.4, 0.5) is 0 Å². The van der Waals surface area contributed by atoms with Gasteiger partial charge in [-0.15, -0.1) is 0 Å². The Morgan fingerprint density at radius 3 is 2.62 bits per heavy atom. The summed E-state index contributed by atoms with van der Waals surface area (Å²) in [6, 6.07) is 8.26. The highest BCUT2D eigenvalue weighted by Gasteiger charge is 2.28. The van der Waals surface area contributed by atoms with Crippen molar-refractivity contribution in [3.8, 4) is 0 Å². The summed E-state index contributed by atoms with van der Waals surface area (Å²) in [7, 11) is -3.67. The number of aromatic nitrogens is 1. The number of nitrogens with zero attached hydrogens (tertiary/aromatic N) is 2. The van der Waals surface area contributed by atoms with E-state index >= 15 is 0 Å². The zero-order valence-electron chi connectivity index (χ0n) is 15.8. The molecule has 1 aromatic heterocycles. The van der Waals surface area contributed by atoms with Crippen LogP contribution in [0, 0.1) is 6.92 Å². The Balaban J connectivity index is 1.72. The van der Waals surface area contributed by atoms with E-state index in [1.54, 1.807) is 37.3 Å². The molecule has 0 radical (unpaired) electrons. The van der Waals surface area contributed by atoms with Gasteiger partial charge in [0.2, 0.25) is 15.9 Å². The molecule has 3 rings (SSSR count). The number of halogens is 2. The molecule has 1 N–H and O–H groups in total. The van der Waals surface area contributed by atoms with Gasteiger partial charge in [0.1, 0.15) is 5.15 Å². The number of amides is 1. The van der Waals surface area contributed by atoms with E-state index in [4.69, 9.17) is 27.9 Å². The monoisotopic (exact) mass is 457 g/mol. The van der Waals surface area contributed by atoms with E-state index < -0.39 is 10.0 Å². The van der Waals surface area contributed by atoms with Gasteiger partial charge in [-0.3, -0.25) is 4.79 Å². The molecule has 1 fully saturated rings. The Kier molecular flexibility index (Phi) is 7.13. The number of hydrogen-bond donors (Lipinski definition) is 1. The molecule has 2 heterocycles. The summed E-state index contributed by atoms with van der Waals surface area (Å²) in [5.41, 5.74) is 1.60. The van der Waals surface area contributed by atoms with E-state index in [9.17, 15) is 13.2 Å². The second kappa shape index (κ2) is 9.40. The number of aryl methyl sites for hydroxylation is 1. The molecule has 0 unspecified atom stereocenters. The van der Waals surface area contributed by atoms with Crippen molar-refractivity contribution in [3.05, 3.63) is 57.3 Å². The molecule has 0 spiro atoms. The average molecular weight is 458 g/mol. The smallest absolute Gasteiger partial charge is 0.243 e. The summed E-state index contributed by atoms with van der Waals surface area (Å²) >= 11 is 12.3. The maximum Gasteiger partial charge on any atom is 0.243 e. The molecule has 7 nitrogen and oxygen atoms in total. The van der Waals surface area contributed by atoms with Gasteiger partial charge in [-0.1, -0.05) is 41.4 Å². The molecule has 1 aromatic carbocycles. The zero-order valence-corrected chi connectivity index (χ0v) is 18.1. The first kappa shape index (κ1) is 22.0. The predicted octanol–water partition coefficient (Wildman–Crippen LogP) is 2.58. The van der Waals surface area contributed by atoms with Crippen molar-refractivity contribution in [2.45, 2.75) is 24.8 Å². The molecule has 1 aliphatic rings. The lowest BCUT2D eigenvalue weighted by Gasteiger charge is -2.27. The molecule has 1 aliphatic heterocycles. The predicted molar refractivity (Wildman–Crippen MR) is 111 cm³/mol. The fourth-order valence-corrected chi connectivity index (χ4v) is 5.32. The molecule has 0 saturated carbocycles. The van der Waals surface area contributed by atoms with Crippen LogP contribution in [0.25, 0.3) is 0 Å². The normalized spacial score (nSPS) is 15.3. The minimum absolute atomic E-state index is 0.0523. The molecular weight excluding hydrogens is 437 g/mol. The van der Waals surface area contributed by atoms with Crippen molar-refractivity contribution < 1.29 is 17.9 Å². The van der Waals surface area contributed by atoms with Crippen LogP contribution in [0.15, 0.2) is 35.2 Å². The molecule has 10 heteroatoms. The standard InChI is InChI=1S/C19H21Cl2N3O4S/c1-13-10-16(20)15(19(21)23-13)11-18(25)22-12-14-4-2-3-5-17(14)29(26,27)24-6-8-28-9-7-24/h2-5,10H,6-9,11-12H2,1H3,(H,22,25). The van der Waals surface area contributed by atoms with E-state index in [1.165, 1.54) is 4.31 Å². The van der Waals surface area contributed by atoms with Crippen LogP contribution in [-0.2, 0) is 32.5 Å². The van der Waals surface area contributed by atoms with Crippen LogP contribution < -0.4 is 5.32 Å². The Hall–Kier alpha value is -1.71. The highest BCUT2D eigenvalue weighted by Crippen LogP contribution is 2.25. The van der Waals surface area contributed by atoms with Crippen LogP contribution in [0.5, 0.6) is 0 Å². The van der Waals surface area contributed by atoms with E-state index in [2.05, 4.69) is 10.3 Å². The lowest BCUT2D eigenvalue weighted by molar-refractivity contribution is -0.120. The van der Waals surface area contributed by atoms with Gasteiger partial charge in [0.05, 0.1) is 24.5 Å². The van der Waals surface area contributed by atoms with Crippen LogP contribution in [0.3, 0.4) is 0 Å². The number of rotatable bonds is 6. The Morgan fingerprint density at radius 2 is 1.93 bits per heavy atom. The van der Waals surface area contributed by atoms with E-state index in [0.717, 1.165) is 0 Å². The van der Waals surface area contributed by atoms with Crippen molar-refractivity contribution in [3.63, 3.8) is 0 Å². The first-order valence-corrected chi connectivity index (χ1v) is 11.2. The maximum absolute atomic E-state index is 13.0. The highest BCUT2D eigenvalue weighted by molar-refractivity contribution is 7.89. The number of carbonyl (C=O) groups excluding carboxylic acids is 1. The van der Waals surface area contributed by atoms with Gasteiger partial charge in [-0.2, -0.15) is 4.31 Å². The van der Waals surface area contributed by atoms with Gasteiger partial charge in [0.15, 0.2) is 0 Å². The largest absolute Gasteiger partial charge is 0.379 e. The minimum atomic E-state index is -3.67. The Morgan fingerprint density at radius 1 is 1.24 bits per heavy atom. The number of benzene rings is 1. The summed E-state index contributed by atoms with van der Waals surface area (Å²) in [4.78, 5) is 16.7. The third kappa shape index (κ3) is 5.26. The number of ether oxygens (including phenoxy) is 1. The number of morpholine rings is 1. The zero-order chi connectivity index (χ0) is 21.0. The van der Waals surface area contributed by atoms with Gasteiger partial charge in [0, 0.05) is 35.9 Å². The van der Waals surface area contributed by atoms with E-state index in [1.807, 2.05) is 0 Å². The molecule has 0 atom stereocenters. The van der Waals surface area contributed by atoms with Crippen molar-refractivity contribution >= 4 is 39.1 Å². The third-order valence-corrected chi connectivity index (χ3v) is 7.17. The van der Waals surface area contributed by atoms with Gasteiger partial charge in [-0.05, 0) is 24.6 Å². The fraction of sp³-hybridized carbons (Fsp3) is 0.368. The SMILES string of the molecule is Cc1cc(Cl)c(CC(=O)NCc2ccccc2S(=O)(=O)N2CCOCC2)c(Cl)n1. The van der Waals surface area contributed by atoms with Gasteiger partial charge >= 0.3 is 0 Å². The van der Waals surface area contributed by atoms with Gasteiger partial charge < -0.3 is 10.1 Å². The highest BCUT2D eigenvalue weighted by atomic mass is 35.5. The fourth-order valence-electron chi connectivity index (χ4n) is 3.03. The van der Waals surface area contributed by atoms with Crippen LogP contribution in [0.2, 0.25) is 10.2 Å². The van der Waals surface area contributed by atoms with Crippen LogP contribution in [-0.4, -0.2) is 49.9 Å². The van der Waals surface area contributed by atoms with Crippen molar-refractivity contribution in [1.29, 1.82) is 0 Å². The number of sulfonamides is 1. The molecule has 29 heavy (non-hydrogen) atoms. The Bertz CT molecular complexity index is 985. The Labute approximate surface area is 180 Å². The number of hydrogen-bond acceptors (Lipinski definition) is 5. The molecule has 2 aromatic rings. The first-order valence-electron chi connectivity index (χ1n) is 9.03. The second-order valence-electron chi connectivity index (χ2n) is 6.59. The molecule has 0 bridgehead atoms. The van der Waals surface area contributed by atoms with Crippen LogP contribution >= 0.6 is 23.2 Å². The first-order chi connectivity index (χ1) is 13.8. The lowest BCUT2D eigenvalue weighted by Crippen LogP contribution is -2.41. The number of carbonyl (C=O) groups is 1. The molecule has 156 valence electrons. The van der Waals surface area contributed by atoms with E-state index in [0.29, 0.717) is 48.1 Å². The van der Waals surface area contributed by atoms with Crippen molar-refractivity contribution in [1.82, 2.24) is 14.6 Å². The quantitative estimate of drug-likeness (QED) is 0.673. The van der Waals surface area contributed by atoms with Crippen molar-refractivity contribution in [2.75, 3.05) is 26.3 Å². The number of nitrogens with one attached hydrogen (secondary N) is 1. The molecule has 1 saturated heterocycles. The van der Waals surface area contributed by atoms with Crippen molar-refractivity contribution in [2.24, 2.45) is 0 Å². The molecular formula is C19H21Cl2N3O4S. The average Bonchev–Trinajstić information content (AvgIpc) is 2.70. The summed E-state index contributed by atoms with van der Waals surface area (Å²) in [6.45, 7) is 3.16. The topological polar surface area (TPSA) is 88.6 Å². The van der Waals surface area contributed by atoms with E-state index in [-0.39, 0.29) is 28.9 Å². The summed E-state index contributed by atoms with van der Waals surface area (Å²) in [5, 5.41) is 3.29. The maximum atomic E-state index is 13.0. The minimum Gasteiger partial charge on any atom is -0.379 e. The summed E-state index contributed by atoms with van der Waals surface area (Å²) < 4.78 is 32.6. The molecule has 1 amide bonds. The van der Waals surface area contributed by atoms with Crippen LogP contribution in [0.1, 0.15) is 16.8 Å². The lowest BCUT2D eigenvalue weighted by atomic mass is 10.1. The van der Waals surface area contributed by atoms with Gasteiger partial charge in [0.25, 0.3) is 0 Å². The number of pyridine rings is 1. The second-order valence-corrected chi connectivity index (χ2v) is 9.26. The van der Waals surface area contributed by atoms with Gasteiger partial charge in [-0.25, -0.2) is 13.4 Å². The third-order valence-electron chi connectivity index (χ3n) is 4.52. The summed E-state index contributed by atoms with van der Waals surface area (Å²) in [5.74, 6) is -0.335. The molecule has 0 aliphatic carbocycles. The summed E-state index contributed by atoms with van der Waals surface area (Å²) in [6.07, 6.45) is -0.0523.